The van der Waals surface area contributed by atoms with Gasteiger partial charge in [0.25, 0.3) is 5.91 Å². The molecule has 0 saturated carbocycles. The van der Waals surface area contributed by atoms with Gasteiger partial charge in [-0.15, -0.1) is 11.3 Å². The summed E-state index contributed by atoms with van der Waals surface area (Å²) in [5, 5.41) is 4.91. The van der Waals surface area contributed by atoms with E-state index in [-0.39, 0.29) is 5.91 Å². The van der Waals surface area contributed by atoms with E-state index in [1.807, 2.05) is 18.4 Å². The molecule has 18 heavy (non-hydrogen) atoms. The van der Waals surface area contributed by atoms with Crippen molar-refractivity contribution in [2.75, 3.05) is 6.54 Å². The van der Waals surface area contributed by atoms with Gasteiger partial charge >= 0.3 is 0 Å². The van der Waals surface area contributed by atoms with E-state index in [0.717, 1.165) is 16.9 Å². The smallest absolute Gasteiger partial charge is 0.261 e. The molecule has 1 amide bonds. The third kappa shape index (κ3) is 3.20. The Morgan fingerprint density at radius 2 is 1.89 bits per heavy atom. The Bertz CT molecular complexity index is 528. The number of thiophene rings is 1. The minimum atomic E-state index is 0.0367. The first-order valence-corrected chi connectivity index (χ1v) is 6.92. The van der Waals surface area contributed by atoms with Crippen molar-refractivity contribution in [2.45, 2.75) is 20.3 Å². The quantitative estimate of drug-likeness (QED) is 0.896. The molecular formula is C15H17NOS. The van der Waals surface area contributed by atoms with Crippen molar-refractivity contribution in [3.8, 4) is 0 Å². The number of benzene rings is 1. The van der Waals surface area contributed by atoms with Crippen LogP contribution >= 0.6 is 11.3 Å². The van der Waals surface area contributed by atoms with E-state index in [1.165, 1.54) is 22.5 Å². The number of hydrogen-bond acceptors (Lipinski definition) is 2. The van der Waals surface area contributed by atoms with Gasteiger partial charge in [0.2, 0.25) is 0 Å². The number of hydrogen-bond donors (Lipinski definition) is 1. The fourth-order valence-corrected chi connectivity index (χ4v) is 2.60. The van der Waals surface area contributed by atoms with E-state index in [2.05, 4.69) is 36.5 Å². The molecule has 2 nitrogen and oxygen atoms in total. The first-order valence-electron chi connectivity index (χ1n) is 6.04. The Labute approximate surface area is 112 Å². The maximum atomic E-state index is 11.9. The topological polar surface area (TPSA) is 29.1 Å². The van der Waals surface area contributed by atoms with Crippen LogP contribution in [0.25, 0.3) is 0 Å². The zero-order valence-corrected chi connectivity index (χ0v) is 11.5. The summed E-state index contributed by atoms with van der Waals surface area (Å²) in [5.74, 6) is 0.0367. The molecule has 94 valence electrons. The van der Waals surface area contributed by atoms with Gasteiger partial charge in [0.15, 0.2) is 0 Å². The maximum absolute atomic E-state index is 11.9. The van der Waals surface area contributed by atoms with Crippen molar-refractivity contribution in [1.29, 1.82) is 0 Å². The lowest BCUT2D eigenvalue weighted by Gasteiger charge is -2.05. The number of aryl methyl sites for hydroxylation is 2. The highest BCUT2D eigenvalue weighted by Crippen LogP contribution is 2.14. The summed E-state index contributed by atoms with van der Waals surface area (Å²) in [6.07, 6.45) is 0.871. The average Bonchev–Trinajstić information content (AvgIpc) is 2.78. The van der Waals surface area contributed by atoms with Crippen molar-refractivity contribution >= 4 is 17.2 Å². The van der Waals surface area contributed by atoms with Gasteiger partial charge < -0.3 is 5.32 Å². The third-order valence-electron chi connectivity index (χ3n) is 2.89. The monoisotopic (exact) mass is 259 g/mol. The Kier molecular flexibility index (Phi) is 4.15. The molecule has 1 aromatic heterocycles. The molecule has 0 radical (unpaired) electrons. The van der Waals surface area contributed by atoms with Crippen LogP contribution in [0.2, 0.25) is 0 Å². The molecule has 0 fully saturated rings. The first-order chi connectivity index (χ1) is 8.66. The predicted molar refractivity (Wildman–Crippen MR) is 76.3 cm³/mol. The average molecular weight is 259 g/mol. The minimum Gasteiger partial charge on any atom is -0.351 e. The number of rotatable bonds is 4. The number of carbonyl (C=O) groups is 1. The highest BCUT2D eigenvalue weighted by molar-refractivity contribution is 7.12. The Hall–Kier alpha value is -1.61. The van der Waals surface area contributed by atoms with Crippen LogP contribution in [0.3, 0.4) is 0 Å². The molecule has 0 unspecified atom stereocenters. The molecule has 0 bridgehead atoms. The van der Waals surface area contributed by atoms with Crippen molar-refractivity contribution in [1.82, 2.24) is 5.32 Å². The van der Waals surface area contributed by atoms with E-state index < -0.39 is 0 Å². The van der Waals surface area contributed by atoms with Crippen molar-refractivity contribution in [3.05, 3.63) is 57.3 Å². The molecule has 3 heteroatoms. The lowest BCUT2D eigenvalue weighted by Crippen LogP contribution is -2.25. The van der Waals surface area contributed by atoms with Crippen LogP contribution in [-0.4, -0.2) is 12.5 Å². The summed E-state index contributed by atoms with van der Waals surface area (Å²) in [6, 6.07) is 10.4. The number of nitrogens with one attached hydrogen (secondary N) is 1. The number of carbonyl (C=O) groups excluding carboxylic acids is 1. The van der Waals surface area contributed by atoms with Crippen LogP contribution in [0.1, 0.15) is 26.4 Å². The molecule has 0 aliphatic rings. The van der Waals surface area contributed by atoms with Crippen LogP contribution in [0.5, 0.6) is 0 Å². The molecule has 1 aromatic carbocycles. The summed E-state index contributed by atoms with van der Waals surface area (Å²) >= 11 is 1.49. The fourth-order valence-electron chi connectivity index (χ4n) is 1.76. The van der Waals surface area contributed by atoms with Crippen LogP contribution in [0.15, 0.2) is 35.7 Å². The van der Waals surface area contributed by atoms with E-state index in [0.29, 0.717) is 6.54 Å². The zero-order chi connectivity index (χ0) is 13.0. The summed E-state index contributed by atoms with van der Waals surface area (Å²) < 4.78 is 0. The van der Waals surface area contributed by atoms with Gasteiger partial charge in [0.1, 0.15) is 0 Å². The standard InChI is InChI=1S/C15H17NOS/c1-11-3-5-13(6-4-11)7-9-16-15(17)14-12(2)8-10-18-14/h3-6,8,10H,7,9H2,1-2H3,(H,16,17). The van der Waals surface area contributed by atoms with Crippen molar-refractivity contribution < 1.29 is 4.79 Å². The Morgan fingerprint density at radius 3 is 2.50 bits per heavy atom. The molecule has 1 heterocycles. The molecule has 0 aliphatic heterocycles. The Morgan fingerprint density at radius 1 is 1.17 bits per heavy atom. The van der Waals surface area contributed by atoms with Gasteiger partial charge in [-0.1, -0.05) is 29.8 Å². The highest BCUT2D eigenvalue weighted by Gasteiger charge is 2.09. The zero-order valence-electron chi connectivity index (χ0n) is 10.7. The normalized spacial score (nSPS) is 10.3. The second-order valence-corrected chi connectivity index (χ2v) is 5.34. The second kappa shape index (κ2) is 5.83. The molecule has 0 atom stereocenters. The highest BCUT2D eigenvalue weighted by atomic mass is 32.1. The number of amides is 1. The van der Waals surface area contributed by atoms with Gasteiger partial charge in [0, 0.05) is 6.54 Å². The predicted octanol–water partition coefficient (Wildman–Crippen LogP) is 3.34. The van der Waals surface area contributed by atoms with Gasteiger partial charge in [0.05, 0.1) is 4.88 Å². The molecule has 1 N–H and O–H groups in total. The van der Waals surface area contributed by atoms with Gasteiger partial charge in [-0.25, -0.2) is 0 Å². The summed E-state index contributed by atoms with van der Waals surface area (Å²) in [7, 11) is 0. The van der Waals surface area contributed by atoms with Gasteiger partial charge in [-0.05, 0) is 42.8 Å². The molecule has 0 saturated heterocycles. The maximum Gasteiger partial charge on any atom is 0.261 e. The summed E-state index contributed by atoms with van der Waals surface area (Å²) in [5.41, 5.74) is 3.56. The molecule has 2 aromatic rings. The SMILES string of the molecule is Cc1ccc(CCNC(=O)c2sccc2C)cc1. The largest absolute Gasteiger partial charge is 0.351 e. The molecular weight excluding hydrogens is 242 g/mol. The minimum absolute atomic E-state index is 0.0367. The van der Waals surface area contributed by atoms with Crippen LogP contribution in [-0.2, 0) is 6.42 Å². The second-order valence-electron chi connectivity index (χ2n) is 4.42. The Balaban J connectivity index is 1.84. The summed E-state index contributed by atoms with van der Waals surface area (Å²) in [6.45, 7) is 4.72. The lowest BCUT2D eigenvalue weighted by molar-refractivity contribution is 0.0957. The van der Waals surface area contributed by atoms with Crippen LogP contribution in [0.4, 0.5) is 0 Å². The first kappa shape index (κ1) is 12.8. The van der Waals surface area contributed by atoms with Crippen molar-refractivity contribution in [3.63, 3.8) is 0 Å². The van der Waals surface area contributed by atoms with Gasteiger partial charge in [-0.2, -0.15) is 0 Å². The van der Waals surface area contributed by atoms with Crippen molar-refractivity contribution in [2.24, 2.45) is 0 Å². The van der Waals surface area contributed by atoms with E-state index in [9.17, 15) is 4.79 Å². The molecule has 0 aliphatic carbocycles. The van der Waals surface area contributed by atoms with Gasteiger partial charge in [-0.3, -0.25) is 4.79 Å². The fraction of sp³-hybridized carbons (Fsp3) is 0.267. The van der Waals surface area contributed by atoms with E-state index >= 15 is 0 Å². The van der Waals surface area contributed by atoms with Crippen LogP contribution in [0, 0.1) is 13.8 Å². The van der Waals surface area contributed by atoms with E-state index in [1.54, 1.807) is 0 Å². The van der Waals surface area contributed by atoms with E-state index in [4.69, 9.17) is 0 Å². The lowest BCUT2D eigenvalue weighted by atomic mass is 10.1. The molecule has 0 spiro atoms. The summed E-state index contributed by atoms with van der Waals surface area (Å²) in [4.78, 5) is 12.7. The van der Waals surface area contributed by atoms with Crippen LogP contribution < -0.4 is 5.32 Å². The molecule has 2 rings (SSSR count). The third-order valence-corrected chi connectivity index (χ3v) is 3.90.